The Morgan fingerprint density at radius 3 is 1.39 bits per heavy atom. The van der Waals surface area contributed by atoms with E-state index in [1.165, 1.54) is 48.5 Å². The van der Waals surface area contributed by atoms with E-state index in [0.29, 0.717) is 11.4 Å². The minimum Gasteiger partial charge on any atom is -0.321 e. The summed E-state index contributed by atoms with van der Waals surface area (Å²) in [5, 5.41) is 9.62. The van der Waals surface area contributed by atoms with Gasteiger partial charge in [-0.25, -0.2) is 0 Å². The van der Waals surface area contributed by atoms with Crippen molar-refractivity contribution in [2.45, 2.75) is 0 Å². The van der Waals surface area contributed by atoms with E-state index < -0.39 is 35.4 Å². The van der Waals surface area contributed by atoms with Gasteiger partial charge in [0.15, 0.2) is 0 Å². The number of hydrogen-bond donors (Lipinski definition) is 4. The van der Waals surface area contributed by atoms with Crippen LogP contribution in [0.15, 0.2) is 48.5 Å². The molecule has 10 nitrogen and oxygen atoms in total. The van der Waals surface area contributed by atoms with E-state index >= 15 is 0 Å². The molecule has 5 rings (SSSR count). The molecular formula is C22H12N4O6S. The molecule has 3 aromatic rings. The van der Waals surface area contributed by atoms with Crippen LogP contribution in [0.3, 0.4) is 0 Å². The summed E-state index contributed by atoms with van der Waals surface area (Å²) in [5.41, 5.74) is 1.48. The van der Waals surface area contributed by atoms with Crippen LogP contribution in [-0.4, -0.2) is 35.4 Å². The van der Waals surface area contributed by atoms with E-state index in [4.69, 9.17) is 0 Å². The normalized spacial score (nSPS) is 13.8. The lowest BCUT2D eigenvalue weighted by Gasteiger charge is -2.05. The molecule has 0 radical (unpaired) electrons. The number of rotatable bonds is 4. The van der Waals surface area contributed by atoms with Crippen molar-refractivity contribution in [2.75, 3.05) is 10.6 Å². The van der Waals surface area contributed by atoms with Crippen LogP contribution in [0.25, 0.3) is 0 Å². The highest BCUT2D eigenvalue weighted by Gasteiger charge is 2.28. The van der Waals surface area contributed by atoms with Gasteiger partial charge < -0.3 is 10.6 Å². The standard InChI is InChI=1S/C22H12N4O6S/c27-17-11-3-1-9(7-13(11)19(29)25-17)23-21(31)15-5-6-16(33-15)22(32)24-10-2-4-12-14(8-10)20(30)26-18(12)28/h1-8H,(H,23,31)(H,24,32)(H,25,27,29)(H,26,28,30). The lowest BCUT2D eigenvalue weighted by Crippen LogP contribution is -2.19. The molecule has 6 amide bonds. The number of nitrogens with one attached hydrogen (secondary N) is 4. The van der Waals surface area contributed by atoms with Gasteiger partial charge in [0.1, 0.15) is 0 Å². The molecule has 0 aliphatic carbocycles. The van der Waals surface area contributed by atoms with E-state index in [-0.39, 0.29) is 32.0 Å². The topological polar surface area (TPSA) is 151 Å². The summed E-state index contributed by atoms with van der Waals surface area (Å²) in [7, 11) is 0. The number of carbonyl (C=O) groups is 6. The molecule has 0 atom stereocenters. The van der Waals surface area contributed by atoms with Gasteiger partial charge in [0, 0.05) is 11.4 Å². The fraction of sp³-hybridized carbons (Fsp3) is 0. The summed E-state index contributed by atoms with van der Waals surface area (Å²) in [5.74, 6) is -3.02. The zero-order valence-corrected chi connectivity index (χ0v) is 17.3. The lowest BCUT2D eigenvalue weighted by atomic mass is 10.1. The van der Waals surface area contributed by atoms with Gasteiger partial charge in [-0.1, -0.05) is 0 Å². The smallest absolute Gasteiger partial charge is 0.265 e. The van der Waals surface area contributed by atoms with Crippen LogP contribution in [-0.2, 0) is 0 Å². The number of thiophene rings is 1. The zero-order valence-electron chi connectivity index (χ0n) is 16.5. The quantitative estimate of drug-likeness (QED) is 0.438. The maximum atomic E-state index is 12.6. The minimum absolute atomic E-state index is 0.175. The molecule has 162 valence electrons. The lowest BCUT2D eigenvalue weighted by molar-refractivity contribution is 0.0863. The minimum atomic E-state index is -0.533. The van der Waals surface area contributed by atoms with Crippen molar-refractivity contribution in [3.63, 3.8) is 0 Å². The zero-order chi connectivity index (χ0) is 23.3. The molecule has 0 fully saturated rings. The average molecular weight is 460 g/mol. The highest BCUT2D eigenvalue weighted by atomic mass is 32.1. The van der Waals surface area contributed by atoms with Crippen LogP contribution in [0.1, 0.15) is 60.8 Å². The monoisotopic (exact) mass is 460 g/mol. The van der Waals surface area contributed by atoms with Crippen LogP contribution >= 0.6 is 11.3 Å². The molecule has 2 aliphatic rings. The molecule has 1 aromatic heterocycles. The van der Waals surface area contributed by atoms with Gasteiger partial charge in [-0.15, -0.1) is 11.3 Å². The summed E-state index contributed by atoms with van der Waals surface area (Å²) in [4.78, 5) is 72.5. The second-order valence-electron chi connectivity index (χ2n) is 7.16. The van der Waals surface area contributed by atoms with E-state index in [1.54, 1.807) is 0 Å². The summed E-state index contributed by atoms with van der Waals surface area (Å²) < 4.78 is 0. The van der Waals surface area contributed by atoms with Gasteiger partial charge in [0.25, 0.3) is 35.4 Å². The maximum absolute atomic E-state index is 12.6. The Labute approximate surface area is 189 Å². The Morgan fingerprint density at radius 1 is 0.576 bits per heavy atom. The first-order chi connectivity index (χ1) is 15.8. The number of amides is 6. The summed E-state index contributed by atoms with van der Waals surface area (Å²) in [6, 6.07) is 11.7. The first-order valence-electron chi connectivity index (χ1n) is 9.52. The SMILES string of the molecule is O=C(Nc1ccc2c(c1)C(=O)NC2=O)c1ccc(C(=O)Nc2ccc3c(c2)C(=O)NC3=O)s1. The van der Waals surface area contributed by atoms with Gasteiger partial charge in [0.2, 0.25) is 0 Å². The molecule has 11 heteroatoms. The largest absolute Gasteiger partial charge is 0.321 e. The third-order valence-corrected chi connectivity index (χ3v) is 6.12. The van der Waals surface area contributed by atoms with Crippen molar-refractivity contribution < 1.29 is 28.8 Å². The van der Waals surface area contributed by atoms with Gasteiger partial charge in [-0.3, -0.25) is 39.4 Å². The molecule has 3 heterocycles. The fourth-order valence-corrected chi connectivity index (χ4v) is 4.26. The van der Waals surface area contributed by atoms with Crippen LogP contribution in [0.4, 0.5) is 11.4 Å². The van der Waals surface area contributed by atoms with Crippen molar-refractivity contribution in [3.8, 4) is 0 Å². The van der Waals surface area contributed by atoms with Crippen LogP contribution in [0.5, 0.6) is 0 Å². The van der Waals surface area contributed by atoms with Gasteiger partial charge >= 0.3 is 0 Å². The Kier molecular flexibility index (Phi) is 4.61. The number of fused-ring (bicyclic) bond motifs is 2. The summed E-state index contributed by atoms with van der Waals surface area (Å²) in [6.45, 7) is 0. The van der Waals surface area contributed by atoms with Gasteiger partial charge in [-0.05, 0) is 48.5 Å². The molecule has 0 saturated heterocycles. The molecule has 0 unspecified atom stereocenters. The molecule has 2 aliphatic heterocycles. The second-order valence-corrected chi connectivity index (χ2v) is 8.24. The highest BCUT2D eigenvalue weighted by Crippen LogP contribution is 2.24. The van der Waals surface area contributed by atoms with E-state index in [1.807, 2.05) is 0 Å². The van der Waals surface area contributed by atoms with Crippen molar-refractivity contribution in [3.05, 3.63) is 80.5 Å². The van der Waals surface area contributed by atoms with Gasteiger partial charge in [0.05, 0.1) is 32.0 Å². The predicted molar refractivity (Wildman–Crippen MR) is 117 cm³/mol. The first kappa shape index (κ1) is 20.3. The number of hydrogen-bond acceptors (Lipinski definition) is 7. The first-order valence-corrected chi connectivity index (χ1v) is 10.3. The molecule has 0 bridgehead atoms. The number of anilines is 2. The maximum Gasteiger partial charge on any atom is 0.265 e. The molecule has 0 saturated carbocycles. The molecule has 4 N–H and O–H groups in total. The average Bonchev–Trinajstić information content (AvgIpc) is 3.46. The Morgan fingerprint density at radius 2 is 0.970 bits per heavy atom. The second kappa shape index (κ2) is 7.50. The molecule has 0 spiro atoms. The van der Waals surface area contributed by atoms with Crippen LogP contribution in [0.2, 0.25) is 0 Å². The van der Waals surface area contributed by atoms with Crippen molar-refractivity contribution in [1.29, 1.82) is 0 Å². The molecule has 33 heavy (non-hydrogen) atoms. The summed E-state index contributed by atoms with van der Waals surface area (Å²) in [6.07, 6.45) is 0. The van der Waals surface area contributed by atoms with E-state index in [9.17, 15) is 28.8 Å². The van der Waals surface area contributed by atoms with Gasteiger partial charge in [-0.2, -0.15) is 0 Å². The molecule has 2 aromatic carbocycles. The van der Waals surface area contributed by atoms with E-state index in [2.05, 4.69) is 21.3 Å². The number of benzene rings is 2. The molecular weight excluding hydrogens is 448 g/mol. The Balaban J connectivity index is 1.28. The third-order valence-electron chi connectivity index (χ3n) is 5.04. The Hall–Kier alpha value is -4.64. The number of carbonyl (C=O) groups excluding carboxylic acids is 6. The van der Waals surface area contributed by atoms with Crippen molar-refractivity contribution in [1.82, 2.24) is 10.6 Å². The van der Waals surface area contributed by atoms with Crippen molar-refractivity contribution >= 4 is 58.2 Å². The highest BCUT2D eigenvalue weighted by molar-refractivity contribution is 7.16. The third kappa shape index (κ3) is 3.55. The van der Waals surface area contributed by atoms with Crippen LogP contribution in [0, 0.1) is 0 Å². The fourth-order valence-electron chi connectivity index (χ4n) is 3.46. The van der Waals surface area contributed by atoms with Crippen molar-refractivity contribution in [2.24, 2.45) is 0 Å². The van der Waals surface area contributed by atoms with Crippen LogP contribution < -0.4 is 21.3 Å². The summed E-state index contributed by atoms with van der Waals surface area (Å²) >= 11 is 0.949. The Bertz CT molecular complexity index is 1330. The van der Waals surface area contributed by atoms with E-state index in [0.717, 1.165) is 11.3 Å². The predicted octanol–water partition coefficient (Wildman–Crippen LogP) is 2.02. The number of imide groups is 2.